The third-order valence-electron chi connectivity index (χ3n) is 6.82. The SMILES string of the molecule is CC(=O)/C=C(/C)O.[Ir].[c-]1cc2ccccc2cc1-c1nc2ccccc2s1.[c-]1cc2ccccc2cc1-c1nc2ccccc2s1. The van der Waals surface area contributed by atoms with Gasteiger partial charge in [-0.25, -0.2) is 0 Å². The van der Waals surface area contributed by atoms with Crippen LogP contribution in [-0.2, 0) is 24.9 Å². The molecule has 46 heavy (non-hydrogen) atoms. The summed E-state index contributed by atoms with van der Waals surface area (Å²) in [6.07, 6.45) is 1.17. The molecule has 229 valence electrons. The molecule has 7 heteroatoms. The Labute approximate surface area is 289 Å². The third-order valence-corrected chi connectivity index (χ3v) is 8.96. The molecule has 1 radical (unpaired) electrons. The van der Waals surface area contributed by atoms with Crippen LogP contribution in [0.15, 0.2) is 133 Å². The van der Waals surface area contributed by atoms with Crippen LogP contribution in [0.3, 0.4) is 0 Å². The summed E-state index contributed by atoms with van der Waals surface area (Å²) in [6, 6.07) is 48.2. The molecule has 6 aromatic carbocycles. The zero-order valence-electron chi connectivity index (χ0n) is 25.0. The maximum atomic E-state index is 10.0. The number of benzene rings is 6. The number of hydrogen-bond acceptors (Lipinski definition) is 6. The Morgan fingerprint density at radius 3 is 1.39 bits per heavy atom. The van der Waals surface area contributed by atoms with Gasteiger partial charge in [-0.15, -0.1) is 58.3 Å². The fraction of sp³-hybridized carbons (Fsp3) is 0.0513. The number of ketones is 1. The Bertz CT molecular complexity index is 2090. The van der Waals surface area contributed by atoms with Gasteiger partial charge in [0.05, 0.1) is 16.8 Å². The Morgan fingerprint density at radius 2 is 1.02 bits per heavy atom. The number of nitrogens with zero attached hydrogens (tertiary/aromatic N) is 2. The maximum absolute atomic E-state index is 10.0. The summed E-state index contributed by atoms with van der Waals surface area (Å²) in [5.41, 5.74) is 4.26. The number of hydrogen-bond donors (Lipinski definition) is 1. The number of fused-ring (bicyclic) bond motifs is 4. The number of para-hydroxylation sites is 2. The van der Waals surface area contributed by atoms with Gasteiger partial charge in [0.25, 0.3) is 0 Å². The standard InChI is InChI=1S/2C17H10NS.C5H8O2.Ir/c2*1-2-6-13-11-14(10-9-12(13)5-1)17-18-15-7-3-4-8-16(15)19-17;1-4(6)3-5(2)7;/h2*1-9,11H;3,6H,1-2H3;/q2*-1;;/b;;4-3-;. The van der Waals surface area contributed by atoms with Crippen LogP contribution in [0.5, 0.6) is 0 Å². The summed E-state index contributed by atoms with van der Waals surface area (Å²) < 4.78 is 2.44. The molecule has 0 fully saturated rings. The monoisotopic (exact) mass is 813 g/mol. The number of carbonyl (C=O) groups is 1. The molecule has 0 unspecified atom stereocenters. The first-order valence-corrected chi connectivity index (χ1v) is 16.0. The molecule has 0 atom stereocenters. The third kappa shape index (κ3) is 8.00. The van der Waals surface area contributed by atoms with E-state index in [2.05, 4.69) is 94.9 Å². The van der Waals surface area contributed by atoms with Crippen molar-refractivity contribution in [2.24, 2.45) is 0 Å². The van der Waals surface area contributed by atoms with Gasteiger partial charge in [0.2, 0.25) is 0 Å². The molecule has 2 heterocycles. The Balaban J connectivity index is 0.000000149. The Kier molecular flexibility index (Phi) is 10.8. The van der Waals surface area contributed by atoms with Crippen LogP contribution < -0.4 is 0 Å². The first-order valence-electron chi connectivity index (χ1n) is 14.3. The minimum Gasteiger partial charge on any atom is -0.512 e. The Morgan fingerprint density at radius 1 is 0.630 bits per heavy atom. The summed E-state index contributed by atoms with van der Waals surface area (Å²) in [4.78, 5) is 19.4. The van der Waals surface area contributed by atoms with Crippen molar-refractivity contribution in [1.82, 2.24) is 9.97 Å². The summed E-state index contributed by atoms with van der Waals surface area (Å²) in [5, 5.41) is 15.3. The minimum absolute atomic E-state index is 0. The average molecular weight is 813 g/mol. The van der Waals surface area contributed by atoms with Crippen molar-refractivity contribution in [2.75, 3.05) is 0 Å². The maximum Gasteiger partial charge on any atom is 0.155 e. The number of aliphatic hydroxyl groups excluding tert-OH is 1. The van der Waals surface area contributed by atoms with E-state index >= 15 is 0 Å². The van der Waals surface area contributed by atoms with Crippen LogP contribution in [0, 0.1) is 12.1 Å². The minimum atomic E-state index is -0.125. The second-order valence-electron chi connectivity index (χ2n) is 10.3. The second-order valence-corrected chi connectivity index (χ2v) is 12.4. The molecule has 0 saturated carbocycles. The predicted octanol–water partition coefficient (Wildman–Crippen LogP) is 10.9. The molecular formula is C39H28IrN2O2S2-2. The van der Waals surface area contributed by atoms with Crippen molar-refractivity contribution in [1.29, 1.82) is 0 Å². The van der Waals surface area contributed by atoms with E-state index in [0.29, 0.717) is 0 Å². The van der Waals surface area contributed by atoms with Crippen molar-refractivity contribution in [3.8, 4) is 21.1 Å². The number of aliphatic hydroxyl groups is 1. The molecule has 0 spiro atoms. The van der Waals surface area contributed by atoms with Crippen molar-refractivity contribution < 1.29 is 30.0 Å². The first kappa shape index (κ1) is 32.9. The van der Waals surface area contributed by atoms with Crippen LogP contribution in [0.4, 0.5) is 0 Å². The number of aromatic nitrogens is 2. The number of rotatable bonds is 3. The van der Waals surface area contributed by atoms with Crippen LogP contribution >= 0.6 is 22.7 Å². The molecular weight excluding hydrogens is 785 g/mol. The fourth-order valence-electron chi connectivity index (χ4n) is 4.77. The number of thiazole rings is 2. The molecule has 2 aromatic heterocycles. The van der Waals surface area contributed by atoms with Gasteiger partial charge in [-0.2, -0.15) is 22.7 Å². The molecule has 0 aliphatic rings. The van der Waals surface area contributed by atoms with Gasteiger partial charge in [0.15, 0.2) is 5.78 Å². The molecule has 8 aromatic rings. The summed E-state index contributed by atoms with van der Waals surface area (Å²) >= 11 is 3.43. The molecule has 0 amide bonds. The predicted molar refractivity (Wildman–Crippen MR) is 190 cm³/mol. The molecule has 0 saturated heterocycles. The van der Waals surface area contributed by atoms with Gasteiger partial charge < -0.3 is 5.11 Å². The van der Waals surface area contributed by atoms with E-state index in [9.17, 15) is 4.79 Å². The van der Waals surface area contributed by atoms with E-state index in [4.69, 9.17) is 5.11 Å². The van der Waals surface area contributed by atoms with Crippen molar-refractivity contribution >= 4 is 70.4 Å². The number of allylic oxidation sites excluding steroid dienone is 2. The van der Waals surface area contributed by atoms with E-state index in [1.54, 1.807) is 22.7 Å². The van der Waals surface area contributed by atoms with Gasteiger partial charge in [-0.05, 0) is 38.1 Å². The van der Waals surface area contributed by atoms with Gasteiger partial charge in [-0.3, -0.25) is 14.8 Å². The van der Waals surface area contributed by atoms with Crippen LogP contribution in [0.25, 0.3) is 63.1 Å². The zero-order chi connectivity index (χ0) is 31.2. The van der Waals surface area contributed by atoms with E-state index < -0.39 is 0 Å². The summed E-state index contributed by atoms with van der Waals surface area (Å²) in [5.74, 6) is -0.0625. The Hall–Kier alpha value is -4.52. The molecule has 0 aliphatic heterocycles. The molecule has 4 nitrogen and oxygen atoms in total. The van der Waals surface area contributed by atoms with E-state index in [0.717, 1.165) is 32.2 Å². The van der Waals surface area contributed by atoms with Crippen LogP contribution in [0.1, 0.15) is 13.8 Å². The van der Waals surface area contributed by atoms with Crippen molar-refractivity contribution in [3.63, 3.8) is 0 Å². The summed E-state index contributed by atoms with van der Waals surface area (Å²) in [6.45, 7) is 2.85. The first-order chi connectivity index (χ1) is 21.9. The fourth-order valence-corrected chi connectivity index (χ4v) is 6.66. The molecule has 0 bridgehead atoms. The van der Waals surface area contributed by atoms with E-state index in [1.807, 2.05) is 48.5 Å². The topological polar surface area (TPSA) is 63.1 Å². The van der Waals surface area contributed by atoms with Crippen molar-refractivity contribution in [3.05, 3.63) is 145 Å². The molecule has 0 aliphatic carbocycles. The smallest absolute Gasteiger partial charge is 0.155 e. The quantitative estimate of drug-likeness (QED) is 0.110. The van der Waals surface area contributed by atoms with Crippen molar-refractivity contribution in [2.45, 2.75) is 13.8 Å². The average Bonchev–Trinajstić information content (AvgIpc) is 3.69. The second kappa shape index (κ2) is 15.2. The zero-order valence-corrected chi connectivity index (χ0v) is 29.1. The van der Waals surface area contributed by atoms with E-state index in [-0.39, 0.29) is 31.6 Å². The molecule has 1 N–H and O–H groups in total. The van der Waals surface area contributed by atoms with Gasteiger partial charge in [0.1, 0.15) is 0 Å². The summed E-state index contributed by atoms with van der Waals surface area (Å²) in [7, 11) is 0. The van der Waals surface area contributed by atoms with Gasteiger partial charge in [0, 0.05) is 45.6 Å². The van der Waals surface area contributed by atoms with Gasteiger partial charge in [-0.1, -0.05) is 83.6 Å². The van der Waals surface area contributed by atoms with Gasteiger partial charge >= 0.3 is 0 Å². The van der Waals surface area contributed by atoms with Crippen LogP contribution in [-0.4, -0.2) is 20.9 Å². The largest absolute Gasteiger partial charge is 0.512 e. The molecule has 8 rings (SSSR count). The normalized spacial score (nSPS) is 11.0. The number of carbonyl (C=O) groups excluding carboxylic acids is 1. The van der Waals surface area contributed by atoms with E-state index in [1.165, 1.54) is 50.9 Å². The van der Waals surface area contributed by atoms with Crippen LogP contribution in [0.2, 0.25) is 0 Å².